The summed E-state index contributed by atoms with van der Waals surface area (Å²) in [6.45, 7) is 6.85. The quantitative estimate of drug-likeness (QED) is 0.683. The van der Waals surface area contributed by atoms with Gasteiger partial charge in [0.15, 0.2) is 0 Å². The molecule has 1 N–H and O–H groups in total. The van der Waals surface area contributed by atoms with Crippen LogP contribution in [-0.4, -0.2) is 28.9 Å². The van der Waals surface area contributed by atoms with E-state index in [0.29, 0.717) is 19.0 Å². The fourth-order valence-corrected chi connectivity index (χ4v) is 3.83. The van der Waals surface area contributed by atoms with Crippen molar-refractivity contribution in [3.8, 4) is 11.5 Å². The number of aromatic nitrogens is 1. The van der Waals surface area contributed by atoms with Crippen LogP contribution in [0, 0.1) is 19.8 Å². The summed E-state index contributed by atoms with van der Waals surface area (Å²) >= 11 is 0. The molecule has 0 bridgehead atoms. The normalized spacial score (nSPS) is 17.4. The first kappa shape index (κ1) is 19.5. The van der Waals surface area contributed by atoms with Gasteiger partial charge in [0.25, 0.3) is 0 Å². The van der Waals surface area contributed by atoms with Gasteiger partial charge in [0.05, 0.1) is 24.4 Å². The van der Waals surface area contributed by atoms with Crippen LogP contribution in [-0.2, 0) is 17.9 Å². The Morgan fingerprint density at radius 1 is 1.28 bits per heavy atom. The molecule has 6 heteroatoms. The summed E-state index contributed by atoms with van der Waals surface area (Å²) in [6.07, 6.45) is 3.53. The Balaban J connectivity index is 1.37. The highest BCUT2D eigenvalue weighted by Crippen LogP contribution is 2.25. The number of aryl methyl sites for hydroxylation is 2. The first-order valence-corrected chi connectivity index (χ1v) is 10.1. The van der Waals surface area contributed by atoms with Gasteiger partial charge in [0, 0.05) is 18.7 Å². The van der Waals surface area contributed by atoms with Crippen molar-refractivity contribution >= 4 is 5.91 Å². The van der Waals surface area contributed by atoms with Crippen LogP contribution in [0.4, 0.5) is 0 Å². The molecule has 0 saturated carbocycles. The highest BCUT2D eigenvalue weighted by Gasteiger charge is 2.27. The van der Waals surface area contributed by atoms with Crippen LogP contribution in [0.5, 0.6) is 0 Å². The van der Waals surface area contributed by atoms with Crippen LogP contribution in [0.15, 0.2) is 51.5 Å². The summed E-state index contributed by atoms with van der Waals surface area (Å²) in [7, 11) is 0. The molecule has 1 fully saturated rings. The molecule has 29 heavy (non-hydrogen) atoms. The predicted molar refractivity (Wildman–Crippen MR) is 110 cm³/mol. The minimum Gasteiger partial charge on any atom is -0.467 e. The molecule has 1 atom stereocenters. The van der Waals surface area contributed by atoms with E-state index in [-0.39, 0.29) is 11.8 Å². The zero-order valence-corrected chi connectivity index (χ0v) is 17.0. The lowest BCUT2D eigenvalue weighted by atomic mass is 9.97. The maximum absolute atomic E-state index is 12.6. The van der Waals surface area contributed by atoms with E-state index in [1.165, 1.54) is 5.56 Å². The molecule has 1 unspecified atom stereocenters. The Morgan fingerprint density at radius 2 is 2.17 bits per heavy atom. The second-order valence-corrected chi connectivity index (χ2v) is 7.76. The van der Waals surface area contributed by atoms with Gasteiger partial charge in [-0.1, -0.05) is 17.7 Å². The number of hydrogen-bond donors (Lipinski definition) is 1. The summed E-state index contributed by atoms with van der Waals surface area (Å²) < 4.78 is 11.2. The van der Waals surface area contributed by atoms with Crippen molar-refractivity contribution in [3.05, 3.63) is 65.4 Å². The predicted octanol–water partition coefficient (Wildman–Crippen LogP) is 4.08. The van der Waals surface area contributed by atoms with Gasteiger partial charge in [0.1, 0.15) is 11.5 Å². The third-order valence-corrected chi connectivity index (χ3v) is 5.42. The van der Waals surface area contributed by atoms with Crippen LogP contribution >= 0.6 is 0 Å². The van der Waals surface area contributed by atoms with Crippen molar-refractivity contribution in [2.24, 2.45) is 5.92 Å². The molecule has 3 aromatic rings. The molecule has 0 spiro atoms. The molecule has 3 heterocycles. The number of nitrogens with zero attached hydrogens (tertiary/aromatic N) is 2. The number of benzene rings is 1. The Morgan fingerprint density at radius 3 is 2.97 bits per heavy atom. The number of furan rings is 1. The van der Waals surface area contributed by atoms with Crippen LogP contribution in [0.2, 0.25) is 0 Å². The fraction of sp³-hybridized carbons (Fsp3) is 0.391. The van der Waals surface area contributed by atoms with E-state index in [2.05, 4.69) is 29.3 Å². The zero-order chi connectivity index (χ0) is 20.2. The zero-order valence-electron chi connectivity index (χ0n) is 17.0. The Kier molecular flexibility index (Phi) is 5.81. The lowest BCUT2D eigenvalue weighted by molar-refractivity contribution is -0.127. The van der Waals surface area contributed by atoms with Gasteiger partial charge in [-0.15, -0.1) is 0 Å². The SMILES string of the molecule is Cc1cccc(-c2nc(CN3CCCC(C(=O)NCc4ccco4)C3)c(C)o2)c1. The number of rotatable bonds is 6. The Labute approximate surface area is 170 Å². The second kappa shape index (κ2) is 8.66. The van der Waals surface area contributed by atoms with E-state index in [9.17, 15) is 4.79 Å². The van der Waals surface area contributed by atoms with Crippen LogP contribution in [0.3, 0.4) is 0 Å². The van der Waals surface area contributed by atoms with E-state index in [1.54, 1.807) is 6.26 Å². The molecular formula is C23H27N3O3. The maximum Gasteiger partial charge on any atom is 0.226 e. The van der Waals surface area contributed by atoms with Crippen molar-refractivity contribution in [2.45, 2.75) is 39.8 Å². The van der Waals surface area contributed by atoms with Crippen molar-refractivity contribution in [1.82, 2.24) is 15.2 Å². The topological polar surface area (TPSA) is 71.5 Å². The standard InChI is InChI=1S/C23H27N3O3/c1-16-6-3-7-18(12-16)23-25-21(17(2)29-23)15-26-10-4-8-19(14-26)22(27)24-13-20-9-5-11-28-20/h3,5-7,9,11-12,19H,4,8,10,13-15H2,1-2H3,(H,24,27). The molecule has 1 aromatic carbocycles. The first-order valence-electron chi connectivity index (χ1n) is 10.1. The molecule has 4 rings (SSSR count). The van der Waals surface area contributed by atoms with Gasteiger partial charge >= 0.3 is 0 Å². The van der Waals surface area contributed by atoms with Crippen molar-refractivity contribution < 1.29 is 13.6 Å². The van der Waals surface area contributed by atoms with Crippen molar-refractivity contribution in [3.63, 3.8) is 0 Å². The summed E-state index contributed by atoms with van der Waals surface area (Å²) in [5.41, 5.74) is 3.12. The van der Waals surface area contributed by atoms with Crippen molar-refractivity contribution in [2.75, 3.05) is 13.1 Å². The van der Waals surface area contributed by atoms with E-state index in [1.807, 2.05) is 31.2 Å². The number of piperidine rings is 1. The Bertz CT molecular complexity index is 962. The highest BCUT2D eigenvalue weighted by atomic mass is 16.4. The van der Waals surface area contributed by atoms with E-state index < -0.39 is 0 Å². The first-order chi connectivity index (χ1) is 14.1. The van der Waals surface area contributed by atoms with E-state index in [0.717, 1.165) is 48.7 Å². The molecule has 1 aliphatic rings. The molecule has 152 valence electrons. The fourth-order valence-electron chi connectivity index (χ4n) is 3.83. The van der Waals surface area contributed by atoms with Gasteiger partial charge in [0.2, 0.25) is 11.8 Å². The number of likely N-dealkylation sites (tertiary alicyclic amines) is 1. The minimum absolute atomic E-state index is 0.0119. The number of nitrogens with one attached hydrogen (secondary N) is 1. The molecule has 0 radical (unpaired) electrons. The molecular weight excluding hydrogens is 366 g/mol. The minimum atomic E-state index is -0.0119. The number of carbonyl (C=O) groups excluding carboxylic acids is 1. The third-order valence-electron chi connectivity index (χ3n) is 5.42. The van der Waals surface area contributed by atoms with Gasteiger partial charge < -0.3 is 14.2 Å². The van der Waals surface area contributed by atoms with Gasteiger partial charge in [-0.3, -0.25) is 9.69 Å². The summed E-state index contributed by atoms with van der Waals surface area (Å²) in [6, 6.07) is 11.9. The average Bonchev–Trinajstić information content (AvgIpc) is 3.36. The molecule has 6 nitrogen and oxygen atoms in total. The van der Waals surface area contributed by atoms with Crippen molar-refractivity contribution in [1.29, 1.82) is 0 Å². The maximum atomic E-state index is 12.6. The van der Waals surface area contributed by atoms with Gasteiger partial charge in [-0.05, 0) is 57.5 Å². The summed E-state index contributed by atoms with van der Waals surface area (Å²) in [4.78, 5) is 19.6. The average molecular weight is 393 g/mol. The van der Waals surface area contributed by atoms with Gasteiger partial charge in [-0.25, -0.2) is 4.98 Å². The van der Waals surface area contributed by atoms with Crippen LogP contribution < -0.4 is 5.32 Å². The molecule has 2 aromatic heterocycles. The number of amides is 1. The van der Waals surface area contributed by atoms with E-state index in [4.69, 9.17) is 13.8 Å². The van der Waals surface area contributed by atoms with Crippen LogP contribution in [0.25, 0.3) is 11.5 Å². The lowest BCUT2D eigenvalue weighted by Crippen LogP contribution is -2.42. The van der Waals surface area contributed by atoms with Crippen LogP contribution in [0.1, 0.15) is 35.6 Å². The van der Waals surface area contributed by atoms with E-state index >= 15 is 0 Å². The number of oxazole rings is 1. The largest absolute Gasteiger partial charge is 0.467 e. The smallest absolute Gasteiger partial charge is 0.226 e. The monoisotopic (exact) mass is 393 g/mol. The number of carbonyl (C=O) groups is 1. The summed E-state index contributed by atoms with van der Waals surface area (Å²) in [5, 5.41) is 2.99. The third kappa shape index (κ3) is 4.77. The molecule has 1 saturated heterocycles. The number of hydrogen-bond acceptors (Lipinski definition) is 5. The molecule has 1 aliphatic heterocycles. The Hall–Kier alpha value is -2.86. The highest BCUT2D eigenvalue weighted by molar-refractivity contribution is 5.78. The molecule has 0 aliphatic carbocycles. The second-order valence-electron chi connectivity index (χ2n) is 7.76. The summed E-state index contributed by atoms with van der Waals surface area (Å²) in [5.74, 6) is 2.34. The van der Waals surface area contributed by atoms with Gasteiger partial charge in [-0.2, -0.15) is 0 Å². The lowest BCUT2D eigenvalue weighted by Gasteiger charge is -2.31. The molecule has 1 amide bonds.